The number of aromatic amines is 1. The van der Waals surface area contributed by atoms with Gasteiger partial charge in [0.05, 0.1) is 22.5 Å². The number of rotatable bonds is 2. The Morgan fingerprint density at radius 1 is 1.36 bits per heavy atom. The van der Waals surface area contributed by atoms with Gasteiger partial charge in [0.1, 0.15) is 5.69 Å². The number of imidazole rings is 1. The number of hydrogen-bond donors (Lipinski definition) is 2. The fourth-order valence-corrected chi connectivity index (χ4v) is 1.94. The predicted octanol–water partition coefficient (Wildman–Crippen LogP) is -3.44. The largest absolute Gasteiger partial charge is 2.00 e. The number of carbonyl (C=O) groups excluding carboxylic acids is 1. The second-order valence-corrected chi connectivity index (χ2v) is 4.27. The van der Waals surface area contributed by atoms with Gasteiger partial charge in [-0.25, -0.2) is 9.97 Å². The van der Waals surface area contributed by atoms with E-state index in [1.807, 2.05) is 35.2 Å². The number of carbonyl (C=O) groups is 1. The van der Waals surface area contributed by atoms with E-state index in [0.29, 0.717) is 0 Å². The molecule has 1 aromatic carbocycles. The van der Waals surface area contributed by atoms with Gasteiger partial charge < -0.3 is 38.5 Å². The van der Waals surface area contributed by atoms with Gasteiger partial charge in [-0.2, -0.15) is 0 Å². The second kappa shape index (κ2) is 11.1. The summed E-state index contributed by atoms with van der Waals surface area (Å²) in [4.78, 5) is 21.0. The topological polar surface area (TPSA) is 139 Å². The number of thiazole rings is 1. The van der Waals surface area contributed by atoms with Crippen molar-refractivity contribution in [3.8, 4) is 11.5 Å². The molecule has 7 nitrogen and oxygen atoms in total. The third-order valence-electron chi connectivity index (χ3n) is 2.23. The zero-order valence-electron chi connectivity index (χ0n) is 11.0. The number of nitrogens with two attached hydrogens (primary N) is 1. The van der Waals surface area contributed by atoms with Crippen molar-refractivity contribution < 1.29 is 44.9 Å². The summed E-state index contributed by atoms with van der Waals surface area (Å²) in [5.41, 5.74) is 9.26. The molecule has 0 aliphatic heterocycles. The van der Waals surface area contributed by atoms with Crippen LogP contribution in [0.5, 0.6) is 0 Å². The van der Waals surface area contributed by atoms with E-state index in [2.05, 4.69) is 20.7 Å². The van der Waals surface area contributed by atoms with E-state index in [1.165, 1.54) is 0 Å². The summed E-state index contributed by atoms with van der Waals surface area (Å²) in [5.74, 6) is -0.377. The molecular formula is C12H13ClCuN4O3S. The Balaban J connectivity index is 0. The molecule has 0 fully saturated rings. The number of carboxylic acids is 1. The van der Waals surface area contributed by atoms with Crippen molar-refractivity contribution in [3.63, 3.8) is 0 Å². The summed E-state index contributed by atoms with van der Waals surface area (Å²) in [6.07, 6.45) is 0. The average molecular weight is 392 g/mol. The van der Waals surface area contributed by atoms with Gasteiger partial charge in [-0.3, -0.25) is 0 Å². The number of para-hydroxylation sites is 2. The normalized spacial score (nSPS) is 8.59. The van der Waals surface area contributed by atoms with Crippen LogP contribution in [0.2, 0.25) is 0 Å². The van der Waals surface area contributed by atoms with Crippen LogP contribution in [0.25, 0.3) is 22.6 Å². The van der Waals surface area contributed by atoms with E-state index in [0.717, 1.165) is 22.6 Å². The van der Waals surface area contributed by atoms with Crippen LogP contribution >= 0.6 is 11.3 Å². The maximum atomic E-state index is 9.13. The molecule has 0 spiro atoms. The van der Waals surface area contributed by atoms with Crippen molar-refractivity contribution in [3.05, 3.63) is 35.2 Å². The van der Waals surface area contributed by atoms with Crippen molar-refractivity contribution in [2.24, 2.45) is 5.73 Å². The molecular weight excluding hydrogens is 379 g/mol. The maximum Gasteiger partial charge on any atom is 2.00 e. The van der Waals surface area contributed by atoms with E-state index in [4.69, 9.17) is 9.90 Å². The maximum absolute atomic E-state index is 9.13. The minimum absolute atomic E-state index is 0. The Morgan fingerprint density at radius 2 is 2.00 bits per heavy atom. The molecule has 10 heteroatoms. The molecule has 0 atom stereocenters. The van der Waals surface area contributed by atoms with Crippen LogP contribution in [0.1, 0.15) is 0 Å². The molecule has 0 saturated heterocycles. The van der Waals surface area contributed by atoms with Gasteiger partial charge in [-0.1, -0.05) is 12.1 Å². The molecule has 0 aliphatic carbocycles. The van der Waals surface area contributed by atoms with Crippen LogP contribution in [0.15, 0.2) is 35.2 Å². The van der Waals surface area contributed by atoms with Gasteiger partial charge in [0, 0.05) is 11.9 Å². The number of aromatic nitrogens is 3. The van der Waals surface area contributed by atoms with Crippen LogP contribution < -0.4 is 23.2 Å². The molecule has 22 heavy (non-hydrogen) atoms. The van der Waals surface area contributed by atoms with Gasteiger partial charge in [0.15, 0.2) is 5.82 Å². The van der Waals surface area contributed by atoms with E-state index < -0.39 is 5.97 Å². The van der Waals surface area contributed by atoms with Crippen LogP contribution in [0.3, 0.4) is 0 Å². The molecule has 0 amide bonds. The summed E-state index contributed by atoms with van der Waals surface area (Å²) in [6, 6.07) is 7.97. The molecule has 0 unspecified atom stereocenters. The van der Waals surface area contributed by atoms with Crippen molar-refractivity contribution in [2.75, 3.05) is 6.54 Å². The number of hydrogen-bond acceptors (Lipinski definition) is 6. The predicted molar refractivity (Wildman–Crippen MR) is 74.9 cm³/mol. The van der Waals surface area contributed by atoms with Crippen LogP contribution in [-0.4, -0.2) is 32.9 Å². The van der Waals surface area contributed by atoms with Crippen molar-refractivity contribution in [2.45, 2.75) is 0 Å². The first-order valence-electron chi connectivity index (χ1n) is 5.44. The Morgan fingerprint density at radius 3 is 2.50 bits per heavy atom. The fourth-order valence-electron chi connectivity index (χ4n) is 1.40. The first-order chi connectivity index (χ1) is 9.20. The van der Waals surface area contributed by atoms with Crippen LogP contribution in [0, 0.1) is 0 Å². The summed E-state index contributed by atoms with van der Waals surface area (Å²) >= 11 is 1.57. The number of nitrogens with one attached hydrogen (secondary N) is 1. The molecule has 2 heterocycles. The van der Waals surface area contributed by atoms with Crippen LogP contribution in [0.4, 0.5) is 0 Å². The number of fused-ring (bicyclic) bond motifs is 1. The quantitative estimate of drug-likeness (QED) is 0.437. The van der Waals surface area contributed by atoms with Crippen molar-refractivity contribution in [1.82, 2.24) is 15.0 Å². The Hall–Kier alpha value is -1.48. The number of nitrogens with zero attached hydrogens (tertiary/aromatic N) is 2. The third-order valence-corrected chi connectivity index (χ3v) is 2.82. The third kappa shape index (κ3) is 6.10. The van der Waals surface area contributed by atoms with Gasteiger partial charge in [-0.05, 0) is 12.1 Å². The minimum atomic E-state index is -1.22. The van der Waals surface area contributed by atoms with Crippen molar-refractivity contribution in [1.29, 1.82) is 0 Å². The summed E-state index contributed by atoms with van der Waals surface area (Å²) in [7, 11) is 0. The molecule has 0 aliphatic rings. The van der Waals surface area contributed by atoms with E-state index in [-0.39, 0.29) is 41.5 Å². The molecule has 5 N–H and O–H groups in total. The molecule has 2 aromatic heterocycles. The van der Waals surface area contributed by atoms with E-state index >= 15 is 0 Å². The van der Waals surface area contributed by atoms with Crippen LogP contribution in [-0.2, 0) is 21.9 Å². The Kier molecular flexibility index (Phi) is 11.5. The zero-order valence-corrected chi connectivity index (χ0v) is 13.6. The molecule has 3 aromatic rings. The monoisotopic (exact) mass is 391 g/mol. The summed E-state index contributed by atoms with van der Waals surface area (Å²) < 4.78 is 0. The molecule has 123 valence electrons. The minimum Gasteiger partial charge on any atom is -1.00 e. The van der Waals surface area contributed by atoms with Gasteiger partial charge in [0.2, 0.25) is 0 Å². The SMILES string of the molecule is NCC(=O)[O-].O.[Cl-].[Cu+2].c1ccc2[nH]c(-c3cscn3)nc2c1. The Labute approximate surface area is 147 Å². The van der Waals surface area contributed by atoms with Gasteiger partial charge >= 0.3 is 17.1 Å². The first kappa shape index (κ1) is 22.8. The average Bonchev–Trinajstić information content (AvgIpc) is 3.07. The Bertz CT molecular complexity index is 645. The van der Waals surface area contributed by atoms with Gasteiger partial charge in [-0.15, -0.1) is 11.3 Å². The molecule has 1 radical (unpaired) electrons. The molecule has 3 rings (SSSR count). The number of carboxylic acid groups (broad SMARTS) is 1. The number of halogens is 1. The first-order valence-corrected chi connectivity index (χ1v) is 6.38. The number of benzene rings is 1. The zero-order chi connectivity index (χ0) is 13.7. The van der Waals surface area contributed by atoms with E-state index in [9.17, 15) is 0 Å². The van der Waals surface area contributed by atoms with Gasteiger partial charge in [0.25, 0.3) is 0 Å². The number of aliphatic carboxylic acids is 1. The smallest absolute Gasteiger partial charge is 1.00 e. The molecule has 0 saturated carbocycles. The van der Waals surface area contributed by atoms with Crippen molar-refractivity contribution >= 4 is 28.3 Å². The standard InChI is InChI=1S/C10H7N3S.C2H5NO2.ClH.Cu.H2O/c1-2-4-8-7(3-1)12-10(13-8)9-5-14-6-11-9;3-1-2(4)5;;;/h1-6H,(H,12,13);1,3H2,(H,4,5);1H;;1H2/q;;;+2;/p-2. The van der Waals surface area contributed by atoms with E-state index in [1.54, 1.807) is 11.3 Å². The summed E-state index contributed by atoms with van der Waals surface area (Å²) in [5, 5.41) is 11.1. The fraction of sp³-hybridized carbons (Fsp3) is 0.0833. The second-order valence-electron chi connectivity index (χ2n) is 3.55. The summed E-state index contributed by atoms with van der Waals surface area (Å²) in [6.45, 7) is -0.389. The number of H-pyrrole nitrogens is 1. The molecule has 0 bridgehead atoms.